The van der Waals surface area contributed by atoms with E-state index in [0.717, 1.165) is 68.8 Å². The van der Waals surface area contributed by atoms with E-state index < -0.39 is 0 Å². The second kappa shape index (κ2) is 12.0. The predicted octanol–water partition coefficient (Wildman–Crippen LogP) is 3.15. The van der Waals surface area contributed by atoms with Crippen LogP contribution >= 0.6 is 24.0 Å². The second-order valence-electron chi connectivity index (χ2n) is 7.42. The van der Waals surface area contributed by atoms with Crippen molar-refractivity contribution in [3.63, 3.8) is 0 Å². The zero-order valence-electron chi connectivity index (χ0n) is 18.3. The van der Waals surface area contributed by atoms with Crippen LogP contribution in [0, 0.1) is 0 Å². The lowest BCUT2D eigenvalue weighted by molar-refractivity contribution is 0.361. The Morgan fingerprint density at radius 1 is 1.23 bits per heavy atom. The Hall–Kier alpha value is -2.04. The van der Waals surface area contributed by atoms with Crippen LogP contribution in [0.5, 0.6) is 5.75 Å². The molecule has 2 heterocycles. The van der Waals surface area contributed by atoms with Crippen molar-refractivity contribution in [3.8, 4) is 5.75 Å². The molecule has 1 aliphatic heterocycles. The molecule has 2 aromatic rings. The Morgan fingerprint density at radius 2 is 1.97 bits per heavy atom. The number of ether oxygens (including phenoxy) is 1. The van der Waals surface area contributed by atoms with E-state index in [1.807, 2.05) is 19.2 Å². The van der Waals surface area contributed by atoms with Gasteiger partial charge in [-0.15, -0.1) is 24.0 Å². The Labute approximate surface area is 196 Å². The van der Waals surface area contributed by atoms with Crippen LogP contribution in [-0.4, -0.2) is 67.9 Å². The zero-order chi connectivity index (χ0) is 20.6. The molecule has 0 aliphatic carbocycles. The summed E-state index contributed by atoms with van der Waals surface area (Å²) in [5.41, 5.74) is 1.15. The molecular formula is C21H33IN6O2. The molecule has 0 saturated carbocycles. The number of methoxy groups -OCH3 is 1. The third-order valence-corrected chi connectivity index (χ3v) is 5.07. The highest BCUT2D eigenvalue weighted by molar-refractivity contribution is 14.0. The van der Waals surface area contributed by atoms with Crippen molar-refractivity contribution in [2.45, 2.75) is 32.6 Å². The molecule has 166 valence electrons. The molecule has 3 rings (SSSR count). The molecule has 30 heavy (non-hydrogen) atoms. The highest BCUT2D eigenvalue weighted by Crippen LogP contribution is 2.28. The summed E-state index contributed by atoms with van der Waals surface area (Å²) in [5.74, 6) is 3.63. The third-order valence-electron chi connectivity index (χ3n) is 5.07. The number of halogens is 1. The van der Waals surface area contributed by atoms with Gasteiger partial charge in [0.1, 0.15) is 5.75 Å². The molecule has 0 radical (unpaired) electrons. The van der Waals surface area contributed by atoms with Gasteiger partial charge in [-0.1, -0.05) is 31.1 Å². The number of aromatic nitrogens is 2. The number of piperazine rings is 1. The Kier molecular flexibility index (Phi) is 9.67. The monoisotopic (exact) mass is 528 g/mol. The van der Waals surface area contributed by atoms with Crippen molar-refractivity contribution in [2.75, 3.05) is 51.8 Å². The van der Waals surface area contributed by atoms with Crippen molar-refractivity contribution in [3.05, 3.63) is 36.0 Å². The summed E-state index contributed by atoms with van der Waals surface area (Å²) in [5, 5.41) is 7.47. The standard InChI is InChI=1S/C21H32N6O2.HI/c1-16(2)20-24-19(29-25-20)10-7-11-23-21(22-3)27-14-12-26(13-15-27)17-8-5-6-9-18(17)28-4;/h5-6,8-9,16H,7,10-15H2,1-4H3,(H,22,23);1H. The molecular weight excluding hydrogens is 495 g/mol. The lowest BCUT2D eigenvalue weighted by atomic mass is 10.2. The topological polar surface area (TPSA) is 79.0 Å². The van der Waals surface area contributed by atoms with E-state index in [1.54, 1.807) is 7.11 Å². The molecule has 1 N–H and O–H groups in total. The minimum absolute atomic E-state index is 0. The van der Waals surface area contributed by atoms with Gasteiger partial charge in [0.05, 0.1) is 12.8 Å². The number of para-hydroxylation sites is 2. The summed E-state index contributed by atoms with van der Waals surface area (Å²) in [6.45, 7) is 8.64. The summed E-state index contributed by atoms with van der Waals surface area (Å²) in [7, 11) is 3.56. The minimum Gasteiger partial charge on any atom is -0.495 e. The molecule has 1 aliphatic rings. The van der Waals surface area contributed by atoms with Crippen molar-refractivity contribution >= 4 is 35.6 Å². The first-order valence-corrected chi connectivity index (χ1v) is 10.3. The van der Waals surface area contributed by atoms with Crippen LogP contribution in [0.3, 0.4) is 0 Å². The van der Waals surface area contributed by atoms with Gasteiger partial charge in [-0.05, 0) is 18.6 Å². The number of aliphatic imine (C=N–C) groups is 1. The van der Waals surface area contributed by atoms with Gasteiger partial charge in [-0.2, -0.15) is 4.98 Å². The van der Waals surface area contributed by atoms with Crippen LogP contribution < -0.4 is 15.0 Å². The van der Waals surface area contributed by atoms with Crippen LogP contribution in [-0.2, 0) is 6.42 Å². The molecule has 0 spiro atoms. The smallest absolute Gasteiger partial charge is 0.226 e. The fourth-order valence-electron chi connectivity index (χ4n) is 3.43. The maximum absolute atomic E-state index is 5.50. The maximum Gasteiger partial charge on any atom is 0.226 e. The number of nitrogens with one attached hydrogen (secondary N) is 1. The lowest BCUT2D eigenvalue weighted by Crippen LogP contribution is -2.52. The third kappa shape index (κ3) is 6.23. The van der Waals surface area contributed by atoms with Gasteiger partial charge in [0.15, 0.2) is 11.8 Å². The zero-order valence-corrected chi connectivity index (χ0v) is 20.6. The number of guanidine groups is 1. The quantitative estimate of drug-likeness (QED) is 0.256. The molecule has 1 fully saturated rings. The normalized spacial score (nSPS) is 14.6. The minimum atomic E-state index is 0. The molecule has 0 unspecified atom stereocenters. The van der Waals surface area contributed by atoms with Gasteiger partial charge < -0.3 is 24.4 Å². The number of hydrogen-bond acceptors (Lipinski definition) is 6. The van der Waals surface area contributed by atoms with E-state index in [9.17, 15) is 0 Å². The van der Waals surface area contributed by atoms with Crippen molar-refractivity contribution < 1.29 is 9.26 Å². The number of anilines is 1. The fourth-order valence-corrected chi connectivity index (χ4v) is 3.43. The van der Waals surface area contributed by atoms with E-state index in [1.165, 1.54) is 0 Å². The summed E-state index contributed by atoms with van der Waals surface area (Å²) < 4.78 is 10.8. The van der Waals surface area contributed by atoms with E-state index in [4.69, 9.17) is 9.26 Å². The first-order valence-electron chi connectivity index (χ1n) is 10.3. The van der Waals surface area contributed by atoms with Crippen LogP contribution in [0.4, 0.5) is 5.69 Å². The summed E-state index contributed by atoms with van der Waals surface area (Å²) in [4.78, 5) is 13.5. The van der Waals surface area contributed by atoms with E-state index in [2.05, 4.69) is 56.2 Å². The predicted molar refractivity (Wildman–Crippen MR) is 130 cm³/mol. The first kappa shape index (κ1) is 24.2. The second-order valence-corrected chi connectivity index (χ2v) is 7.42. The number of benzene rings is 1. The molecule has 0 bridgehead atoms. The number of aryl methyl sites for hydroxylation is 1. The maximum atomic E-state index is 5.50. The summed E-state index contributed by atoms with van der Waals surface area (Å²) in [6.07, 6.45) is 1.69. The highest BCUT2D eigenvalue weighted by atomic mass is 127. The summed E-state index contributed by atoms with van der Waals surface area (Å²) in [6, 6.07) is 8.18. The Balaban J connectivity index is 0.00000320. The average molecular weight is 528 g/mol. The lowest BCUT2D eigenvalue weighted by Gasteiger charge is -2.38. The molecule has 1 aromatic carbocycles. The molecule has 1 aromatic heterocycles. The van der Waals surface area contributed by atoms with Gasteiger partial charge in [-0.25, -0.2) is 0 Å². The molecule has 8 nitrogen and oxygen atoms in total. The number of nitrogens with zero attached hydrogens (tertiary/aromatic N) is 5. The van der Waals surface area contributed by atoms with E-state index >= 15 is 0 Å². The van der Waals surface area contributed by atoms with Gasteiger partial charge in [-0.3, -0.25) is 4.99 Å². The summed E-state index contributed by atoms with van der Waals surface area (Å²) >= 11 is 0. The first-order chi connectivity index (χ1) is 14.1. The molecule has 9 heteroatoms. The molecule has 0 amide bonds. The van der Waals surface area contributed by atoms with Crippen LogP contribution in [0.2, 0.25) is 0 Å². The van der Waals surface area contributed by atoms with Gasteiger partial charge in [0.2, 0.25) is 5.89 Å². The van der Waals surface area contributed by atoms with Crippen LogP contribution in [0.1, 0.15) is 37.9 Å². The Morgan fingerprint density at radius 3 is 2.60 bits per heavy atom. The van der Waals surface area contributed by atoms with Gasteiger partial charge in [0, 0.05) is 52.1 Å². The molecule has 0 atom stereocenters. The van der Waals surface area contributed by atoms with Crippen molar-refractivity contribution in [1.29, 1.82) is 0 Å². The highest BCUT2D eigenvalue weighted by Gasteiger charge is 2.21. The van der Waals surface area contributed by atoms with Crippen LogP contribution in [0.15, 0.2) is 33.8 Å². The average Bonchev–Trinajstić information content (AvgIpc) is 3.23. The SMILES string of the molecule is CN=C(NCCCc1nc(C(C)C)no1)N1CCN(c2ccccc2OC)CC1.I. The van der Waals surface area contributed by atoms with Crippen LogP contribution in [0.25, 0.3) is 0 Å². The van der Waals surface area contributed by atoms with Crippen molar-refractivity contribution in [1.82, 2.24) is 20.4 Å². The number of rotatable bonds is 7. The van der Waals surface area contributed by atoms with Gasteiger partial charge >= 0.3 is 0 Å². The largest absolute Gasteiger partial charge is 0.495 e. The molecule has 1 saturated heterocycles. The Bertz CT molecular complexity index is 802. The number of hydrogen-bond donors (Lipinski definition) is 1. The van der Waals surface area contributed by atoms with E-state index in [0.29, 0.717) is 11.8 Å². The van der Waals surface area contributed by atoms with Gasteiger partial charge in [0.25, 0.3) is 0 Å². The van der Waals surface area contributed by atoms with Crippen molar-refractivity contribution in [2.24, 2.45) is 4.99 Å². The van der Waals surface area contributed by atoms with E-state index in [-0.39, 0.29) is 24.0 Å². The fraction of sp³-hybridized carbons (Fsp3) is 0.571.